The molecule has 1 aliphatic carbocycles. The fraction of sp³-hybridized carbons (Fsp3) is 0.538. The Bertz CT molecular complexity index is 448. The number of carbonyl (C=O) groups excluding carboxylic acids is 1. The highest BCUT2D eigenvalue weighted by Crippen LogP contribution is 2.26. The lowest BCUT2D eigenvalue weighted by Crippen LogP contribution is -2.35. The Morgan fingerprint density at radius 1 is 1.47 bits per heavy atom. The van der Waals surface area contributed by atoms with Gasteiger partial charge in [-0.2, -0.15) is 0 Å². The summed E-state index contributed by atoms with van der Waals surface area (Å²) in [5.74, 6) is 1.08. The number of aromatic nitrogens is 1. The average Bonchev–Trinajstić information content (AvgIpc) is 2.29. The van der Waals surface area contributed by atoms with Crippen molar-refractivity contribution in [3.63, 3.8) is 0 Å². The molecular weight excluding hydrogens is 264 g/mol. The van der Waals surface area contributed by atoms with Crippen LogP contribution in [0.5, 0.6) is 0 Å². The van der Waals surface area contributed by atoms with E-state index in [0.717, 1.165) is 19.3 Å². The van der Waals surface area contributed by atoms with Gasteiger partial charge in [-0.1, -0.05) is 18.0 Å². The molecule has 1 fully saturated rings. The quantitative estimate of drug-likeness (QED) is 0.698. The average molecular weight is 283 g/mol. The first-order chi connectivity index (χ1) is 9.16. The third kappa shape index (κ3) is 3.99. The fourth-order valence-corrected chi connectivity index (χ4v) is 2.09. The molecule has 104 valence electrons. The van der Waals surface area contributed by atoms with Gasteiger partial charge in [-0.25, -0.2) is 4.98 Å². The van der Waals surface area contributed by atoms with Crippen LogP contribution in [-0.2, 0) is 4.79 Å². The summed E-state index contributed by atoms with van der Waals surface area (Å²) < 4.78 is 0. The van der Waals surface area contributed by atoms with E-state index in [1.807, 2.05) is 0 Å². The minimum Gasteiger partial charge on any atom is -0.396 e. The molecule has 0 bridgehead atoms. The van der Waals surface area contributed by atoms with Crippen LogP contribution in [-0.4, -0.2) is 24.0 Å². The first-order valence-corrected chi connectivity index (χ1v) is 6.97. The molecule has 0 aromatic carbocycles. The zero-order valence-electron chi connectivity index (χ0n) is 10.8. The van der Waals surface area contributed by atoms with E-state index < -0.39 is 0 Å². The van der Waals surface area contributed by atoms with Crippen molar-refractivity contribution in [2.45, 2.75) is 25.7 Å². The molecule has 0 radical (unpaired) electrons. The Morgan fingerprint density at radius 3 is 2.89 bits per heavy atom. The van der Waals surface area contributed by atoms with Crippen LogP contribution >= 0.6 is 11.6 Å². The standard InChI is InChI=1S/C13H19ClN4O/c14-10-7-11(15)12(18-8-10)16-5-2-6-17-13(19)9-3-1-4-9/h7-9H,1-6,15H2,(H,16,18)(H,17,19). The van der Waals surface area contributed by atoms with Gasteiger partial charge < -0.3 is 16.4 Å². The molecule has 2 rings (SSSR count). The molecule has 5 nitrogen and oxygen atoms in total. The third-order valence-electron chi connectivity index (χ3n) is 3.30. The van der Waals surface area contributed by atoms with Crippen LogP contribution in [0.1, 0.15) is 25.7 Å². The lowest BCUT2D eigenvalue weighted by Gasteiger charge is -2.24. The molecule has 0 saturated heterocycles. The zero-order valence-corrected chi connectivity index (χ0v) is 11.5. The molecule has 19 heavy (non-hydrogen) atoms. The molecule has 1 amide bonds. The maximum atomic E-state index is 11.6. The smallest absolute Gasteiger partial charge is 0.223 e. The van der Waals surface area contributed by atoms with E-state index in [2.05, 4.69) is 15.6 Å². The molecule has 1 heterocycles. The van der Waals surface area contributed by atoms with E-state index in [0.29, 0.717) is 29.6 Å². The van der Waals surface area contributed by atoms with Gasteiger partial charge in [0.2, 0.25) is 5.91 Å². The molecule has 0 atom stereocenters. The number of hydrogen-bond acceptors (Lipinski definition) is 4. The molecule has 4 N–H and O–H groups in total. The predicted octanol–water partition coefficient (Wildman–Crippen LogP) is 2.04. The summed E-state index contributed by atoms with van der Waals surface area (Å²) in [6.07, 6.45) is 5.65. The summed E-state index contributed by atoms with van der Waals surface area (Å²) in [6, 6.07) is 1.66. The number of hydrogen-bond donors (Lipinski definition) is 3. The molecule has 0 aliphatic heterocycles. The summed E-state index contributed by atoms with van der Waals surface area (Å²) in [7, 11) is 0. The van der Waals surface area contributed by atoms with Crippen LogP contribution in [0.25, 0.3) is 0 Å². The van der Waals surface area contributed by atoms with E-state index in [1.165, 1.54) is 6.42 Å². The van der Waals surface area contributed by atoms with Crippen molar-refractivity contribution in [1.82, 2.24) is 10.3 Å². The second kappa shape index (κ2) is 6.61. The van der Waals surface area contributed by atoms with Crippen molar-refractivity contribution in [3.05, 3.63) is 17.3 Å². The van der Waals surface area contributed by atoms with Crippen LogP contribution in [0, 0.1) is 5.92 Å². The fourth-order valence-electron chi connectivity index (χ4n) is 1.92. The normalized spacial score (nSPS) is 14.8. The predicted molar refractivity (Wildman–Crippen MR) is 77.1 cm³/mol. The number of nitrogen functional groups attached to an aromatic ring is 1. The summed E-state index contributed by atoms with van der Waals surface area (Å²) in [6.45, 7) is 1.39. The number of nitrogens with one attached hydrogen (secondary N) is 2. The van der Waals surface area contributed by atoms with Gasteiger partial charge in [0.15, 0.2) is 0 Å². The number of pyridine rings is 1. The van der Waals surface area contributed by atoms with Crippen molar-refractivity contribution in [1.29, 1.82) is 0 Å². The number of halogens is 1. The van der Waals surface area contributed by atoms with Crippen LogP contribution in [0.4, 0.5) is 11.5 Å². The monoisotopic (exact) mass is 282 g/mol. The van der Waals surface area contributed by atoms with E-state index >= 15 is 0 Å². The van der Waals surface area contributed by atoms with E-state index in [4.69, 9.17) is 17.3 Å². The lowest BCUT2D eigenvalue weighted by atomic mass is 9.85. The van der Waals surface area contributed by atoms with Crippen molar-refractivity contribution in [2.24, 2.45) is 5.92 Å². The second-order valence-corrected chi connectivity index (χ2v) is 5.23. The number of amides is 1. The molecule has 6 heteroatoms. The minimum absolute atomic E-state index is 0.190. The number of carbonyl (C=O) groups is 1. The van der Waals surface area contributed by atoms with Gasteiger partial charge in [0.1, 0.15) is 5.82 Å². The Hall–Kier alpha value is -1.49. The molecule has 1 aliphatic rings. The highest BCUT2D eigenvalue weighted by molar-refractivity contribution is 6.30. The number of nitrogens with zero attached hydrogens (tertiary/aromatic N) is 1. The van der Waals surface area contributed by atoms with Gasteiger partial charge >= 0.3 is 0 Å². The maximum absolute atomic E-state index is 11.6. The molecule has 1 aromatic rings. The van der Waals surface area contributed by atoms with Crippen molar-refractivity contribution in [3.8, 4) is 0 Å². The molecular formula is C13H19ClN4O. The minimum atomic E-state index is 0.190. The van der Waals surface area contributed by atoms with Crippen LogP contribution in [0.3, 0.4) is 0 Å². The SMILES string of the molecule is Nc1cc(Cl)cnc1NCCCNC(=O)C1CCC1. The molecule has 0 spiro atoms. The Morgan fingerprint density at radius 2 is 2.26 bits per heavy atom. The molecule has 1 saturated carbocycles. The largest absolute Gasteiger partial charge is 0.396 e. The summed E-state index contributed by atoms with van der Waals surface area (Å²) >= 11 is 5.77. The number of anilines is 2. The number of rotatable bonds is 6. The highest BCUT2D eigenvalue weighted by Gasteiger charge is 2.24. The van der Waals surface area contributed by atoms with E-state index in [1.54, 1.807) is 12.3 Å². The Kier molecular flexibility index (Phi) is 4.85. The molecule has 0 unspecified atom stereocenters. The topological polar surface area (TPSA) is 80.0 Å². The Labute approximate surface area is 117 Å². The van der Waals surface area contributed by atoms with Crippen LogP contribution in [0.2, 0.25) is 5.02 Å². The first-order valence-electron chi connectivity index (χ1n) is 6.59. The summed E-state index contributed by atoms with van der Waals surface area (Å²) in [4.78, 5) is 15.7. The van der Waals surface area contributed by atoms with Crippen molar-refractivity contribution in [2.75, 3.05) is 24.1 Å². The summed E-state index contributed by atoms with van der Waals surface area (Å²) in [5, 5.41) is 6.59. The first kappa shape index (κ1) is 13.9. The van der Waals surface area contributed by atoms with Gasteiger partial charge in [-0.3, -0.25) is 4.79 Å². The third-order valence-corrected chi connectivity index (χ3v) is 3.51. The van der Waals surface area contributed by atoms with Gasteiger partial charge in [0, 0.05) is 25.2 Å². The van der Waals surface area contributed by atoms with Crippen molar-refractivity contribution >= 4 is 29.0 Å². The van der Waals surface area contributed by atoms with E-state index in [9.17, 15) is 4.79 Å². The van der Waals surface area contributed by atoms with Gasteiger partial charge in [-0.15, -0.1) is 0 Å². The van der Waals surface area contributed by atoms with Gasteiger partial charge in [-0.05, 0) is 25.3 Å². The lowest BCUT2D eigenvalue weighted by molar-refractivity contribution is -0.127. The number of nitrogens with two attached hydrogens (primary N) is 1. The van der Waals surface area contributed by atoms with Crippen molar-refractivity contribution < 1.29 is 4.79 Å². The molecule has 1 aromatic heterocycles. The second-order valence-electron chi connectivity index (χ2n) is 4.79. The van der Waals surface area contributed by atoms with Gasteiger partial charge in [0.25, 0.3) is 0 Å². The van der Waals surface area contributed by atoms with Crippen LogP contribution in [0.15, 0.2) is 12.3 Å². The Balaban J connectivity index is 1.62. The van der Waals surface area contributed by atoms with Crippen LogP contribution < -0.4 is 16.4 Å². The highest BCUT2D eigenvalue weighted by atomic mass is 35.5. The van der Waals surface area contributed by atoms with Gasteiger partial charge in [0.05, 0.1) is 10.7 Å². The maximum Gasteiger partial charge on any atom is 0.223 e. The summed E-state index contributed by atoms with van der Waals surface area (Å²) in [5.41, 5.74) is 6.30. The zero-order chi connectivity index (χ0) is 13.7. The van der Waals surface area contributed by atoms with E-state index in [-0.39, 0.29) is 11.8 Å².